The number of halogens is 2. The number of hydrogen-bond donors (Lipinski definition) is 2. The van der Waals surface area contributed by atoms with Crippen LogP contribution in [0.25, 0.3) is 6.08 Å². The van der Waals surface area contributed by atoms with Crippen molar-refractivity contribution in [1.82, 2.24) is 5.32 Å². The van der Waals surface area contributed by atoms with Gasteiger partial charge in [-0.1, -0.05) is 48.0 Å². The third kappa shape index (κ3) is 5.79. The van der Waals surface area contributed by atoms with E-state index >= 15 is 0 Å². The van der Waals surface area contributed by atoms with Crippen molar-refractivity contribution in [3.8, 4) is 0 Å². The molecule has 0 unspecified atom stereocenters. The zero-order valence-corrected chi connectivity index (χ0v) is 17.9. The number of anilines is 1. The second-order valence-corrected chi connectivity index (χ2v) is 7.66. The quantitative estimate of drug-likeness (QED) is 0.463. The number of carbonyl (C=O) groups is 2. The maximum absolute atomic E-state index is 12.9. The molecule has 29 heavy (non-hydrogen) atoms. The zero-order valence-electron chi connectivity index (χ0n) is 15.6. The lowest BCUT2D eigenvalue weighted by Crippen LogP contribution is -2.30. The Kier molecular flexibility index (Phi) is 6.86. The van der Waals surface area contributed by atoms with Crippen molar-refractivity contribution >= 4 is 51.1 Å². The summed E-state index contributed by atoms with van der Waals surface area (Å²) in [7, 11) is 0. The highest BCUT2D eigenvalue weighted by Gasteiger charge is 2.16. The number of benzene rings is 3. The van der Waals surface area contributed by atoms with E-state index in [0.717, 1.165) is 15.6 Å². The molecule has 2 N–H and O–H groups in total. The first kappa shape index (κ1) is 20.8. The van der Waals surface area contributed by atoms with Gasteiger partial charge in [-0.2, -0.15) is 0 Å². The molecular formula is C23H18BrClN2O2. The summed E-state index contributed by atoms with van der Waals surface area (Å²) >= 11 is 9.39. The Morgan fingerprint density at radius 1 is 0.966 bits per heavy atom. The summed E-state index contributed by atoms with van der Waals surface area (Å²) in [6, 6.07) is 21.3. The lowest BCUT2D eigenvalue weighted by atomic mass is 10.1. The van der Waals surface area contributed by atoms with Gasteiger partial charge in [0.25, 0.3) is 11.8 Å². The van der Waals surface area contributed by atoms with Crippen molar-refractivity contribution in [3.63, 3.8) is 0 Å². The van der Waals surface area contributed by atoms with Crippen LogP contribution in [0.1, 0.15) is 21.5 Å². The van der Waals surface area contributed by atoms with E-state index in [1.807, 2.05) is 25.1 Å². The van der Waals surface area contributed by atoms with Gasteiger partial charge >= 0.3 is 0 Å². The van der Waals surface area contributed by atoms with Gasteiger partial charge in [-0.3, -0.25) is 9.59 Å². The van der Waals surface area contributed by atoms with Crippen molar-refractivity contribution in [2.24, 2.45) is 0 Å². The van der Waals surface area contributed by atoms with Crippen LogP contribution >= 0.6 is 27.5 Å². The van der Waals surface area contributed by atoms with Crippen LogP contribution in [0.3, 0.4) is 0 Å². The molecule has 0 aliphatic rings. The predicted octanol–water partition coefficient (Wildman–Crippen LogP) is 5.82. The van der Waals surface area contributed by atoms with E-state index in [0.29, 0.717) is 16.3 Å². The first-order valence-electron chi connectivity index (χ1n) is 8.83. The van der Waals surface area contributed by atoms with Crippen LogP contribution in [0.5, 0.6) is 0 Å². The van der Waals surface area contributed by atoms with Crippen molar-refractivity contribution in [1.29, 1.82) is 0 Å². The zero-order chi connectivity index (χ0) is 20.8. The topological polar surface area (TPSA) is 58.2 Å². The van der Waals surface area contributed by atoms with E-state index in [9.17, 15) is 9.59 Å². The van der Waals surface area contributed by atoms with Gasteiger partial charge in [0.2, 0.25) is 0 Å². The Bertz CT molecular complexity index is 1060. The normalized spacial score (nSPS) is 11.1. The summed E-state index contributed by atoms with van der Waals surface area (Å²) in [6.07, 6.45) is 1.61. The molecule has 0 bridgehead atoms. The monoisotopic (exact) mass is 468 g/mol. The lowest BCUT2D eigenvalue weighted by Gasteiger charge is -2.13. The van der Waals surface area contributed by atoms with Gasteiger partial charge in [-0.15, -0.1) is 0 Å². The van der Waals surface area contributed by atoms with Crippen LogP contribution in [0.2, 0.25) is 5.02 Å². The average Bonchev–Trinajstić information content (AvgIpc) is 2.71. The van der Waals surface area contributed by atoms with Crippen LogP contribution in [0.4, 0.5) is 5.69 Å². The fraction of sp³-hybridized carbons (Fsp3) is 0.0435. The second kappa shape index (κ2) is 9.54. The number of nitrogens with one attached hydrogen (secondary N) is 2. The molecule has 4 nitrogen and oxygen atoms in total. The average molecular weight is 470 g/mol. The SMILES string of the molecule is Cc1ccc(NC(=O)/C(=C/c2ccc(Cl)cc2)NC(=O)c2ccccc2)c(Br)c1. The van der Waals surface area contributed by atoms with Gasteiger partial charge < -0.3 is 10.6 Å². The molecule has 0 radical (unpaired) electrons. The second-order valence-electron chi connectivity index (χ2n) is 6.37. The van der Waals surface area contributed by atoms with E-state index < -0.39 is 5.91 Å². The first-order valence-corrected chi connectivity index (χ1v) is 10.0. The molecule has 0 aliphatic carbocycles. The Labute approximate surface area is 182 Å². The Morgan fingerprint density at radius 3 is 2.31 bits per heavy atom. The molecule has 0 aromatic heterocycles. The Balaban J connectivity index is 1.89. The number of aryl methyl sites for hydroxylation is 1. The van der Waals surface area contributed by atoms with E-state index in [2.05, 4.69) is 26.6 Å². The van der Waals surface area contributed by atoms with Crippen molar-refractivity contribution in [2.75, 3.05) is 5.32 Å². The summed E-state index contributed by atoms with van der Waals surface area (Å²) in [5, 5.41) is 6.13. The lowest BCUT2D eigenvalue weighted by molar-refractivity contribution is -0.113. The van der Waals surface area contributed by atoms with Crippen molar-refractivity contribution in [2.45, 2.75) is 6.92 Å². The minimum absolute atomic E-state index is 0.119. The van der Waals surface area contributed by atoms with Crippen LogP contribution in [0.15, 0.2) is 83.0 Å². The molecule has 3 rings (SSSR count). The van der Waals surface area contributed by atoms with Gasteiger partial charge in [0, 0.05) is 15.1 Å². The highest BCUT2D eigenvalue weighted by molar-refractivity contribution is 9.10. The molecule has 0 fully saturated rings. The molecule has 2 amide bonds. The fourth-order valence-corrected chi connectivity index (χ4v) is 3.30. The third-order valence-electron chi connectivity index (χ3n) is 4.08. The summed E-state index contributed by atoms with van der Waals surface area (Å²) in [5.74, 6) is -0.808. The standard InChI is InChI=1S/C23H18BrClN2O2/c1-15-7-12-20(19(24)13-15)26-23(29)21(14-16-8-10-18(25)11-9-16)27-22(28)17-5-3-2-4-6-17/h2-14H,1H3,(H,26,29)(H,27,28)/b21-14-. The highest BCUT2D eigenvalue weighted by Crippen LogP contribution is 2.24. The maximum atomic E-state index is 12.9. The molecule has 0 atom stereocenters. The molecule has 0 heterocycles. The molecule has 6 heteroatoms. The molecule has 0 saturated carbocycles. The highest BCUT2D eigenvalue weighted by atomic mass is 79.9. The summed E-state index contributed by atoms with van der Waals surface area (Å²) in [4.78, 5) is 25.6. The molecule has 146 valence electrons. The van der Waals surface area contributed by atoms with Gasteiger partial charge in [0.1, 0.15) is 5.70 Å². The van der Waals surface area contributed by atoms with E-state index in [4.69, 9.17) is 11.6 Å². The number of amides is 2. The molecule has 3 aromatic carbocycles. The number of rotatable bonds is 5. The number of hydrogen-bond acceptors (Lipinski definition) is 2. The minimum Gasteiger partial charge on any atom is -0.320 e. The smallest absolute Gasteiger partial charge is 0.272 e. The molecular weight excluding hydrogens is 452 g/mol. The maximum Gasteiger partial charge on any atom is 0.272 e. The van der Waals surface area contributed by atoms with Gasteiger partial charge in [-0.25, -0.2) is 0 Å². The van der Waals surface area contributed by atoms with E-state index in [1.165, 1.54) is 0 Å². The van der Waals surface area contributed by atoms with Crippen molar-refractivity contribution < 1.29 is 9.59 Å². The predicted molar refractivity (Wildman–Crippen MR) is 121 cm³/mol. The first-order chi connectivity index (χ1) is 13.9. The molecule has 0 spiro atoms. The largest absolute Gasteiger partial charge is 0.320 e. The van der Waals surface area contributed by atoms with Crippen LogP contribution in [-0.2, 0) is 4.79 Å². The fourth-order valence-electron chi connectivity index (χ4n) is 2.58. The molecule has 0 aliphatic heterocycles. The summed E-state index contributed by atoms with van der Waals surface area (Å²) in [5.41, 5.74) is 2.98. The van der Waals surface area contributed by atoms with Gasteiger partial charge in [0.15, 0.2) is 0 Å². The summed E-state index contributed by atoms with van der Waals surface area (Å²) in [6.45, 7) is 1.96. The van der Waals surface area contributed by atoms with Crippen molar-refractivity contribution in [3.05, 3.63) is 105 Å². The third-order valence-corrected chi connectivity index (χ3v) is 4.99. The summed E-state index contributed by atoms with van der Waals surface area (Å²) < 4.78 is 0.756. The molecule has 3 aromatic rings. The van der Waals surface area contributed by atoms with Crippen LogP contribution < -0.4 is 10.6 Å². The van der Waals surface area contributed by atoms with E-state index in [1.54, 1.807) is 60.7 Å². The van der Waals surface area contributed by atoms with E-state index in [-0.39, 0.29) is 11.6 Å². The van der Waals surface area contributed by atoms with Gasteiger partial charge in [0.05, 0.1) is 5.69 Å². The molecule has 0 saturated heterocycles. The van der Waals surface area contributed by atoms with Crippen LogP contribution in [-0.4, -0.2) is 11.8 Å². The Morgan fingerprint density at radius 2 is 1.66 bits per heavy atom. The van der Waals surface area contributed by atoms with Crippen LogP contribution in [0, 0.1) is 6.92 Å². The van der Waals surface area contributed by atoms with Gasteiger partial charge in [-0.05, 0) is 76.5 Å². The minimum atomic E-state index is -0.436. The Hall–Kier alpha value is -2.89. The number of carbonyl (C=O) groups excluding carboxylic acids is 2.